The van der Waals surface area contributed by atoms with Gasteiger partial charge in [0.05, 0.1) is 15.6 Å². The zero-order chi connectivity index (χ0) is 17.2. The third kappa shape index (κ3) is 3.30. The first-order valence-electron chi connectivity index (χ1n) is 8.23. The van der Waals surface area contributed by atoms with Crippen molar-refractivity contribution in [1.29, 1.82) is 0 Å². The molecule has 0 spiro atoms. The fraction of sp³-hybridized carbons (Fsp3) is 0.211. The second kappa shape index (κ2) is 6.94. The molecular formula is C19H18ClN3OS. The maximum absolute atomic E-state index is 12.4. The average Bonchev–Trinajstić information content (AvgIpc) is 3.35. The molecule has 1 aromatic carbocycles. The van der Waals surface area contributed by atoms with Crippen LogP contribution in [0.15, 0.2) is 60.2 Å². The maximum Gasteiger partial charge on any atom is 0.264 e. The quantitative estimate of drug-likeness (QED) is 0.691. The molecule has 0 N–H and O–H groups in total. The van der Waals surface area contributed by atoms with Gasteiger partial charge in [-0.3, -0.25) is 4.79 Å². The molecule has 1 aliphatic rings. The molecule has 0 aliphatic carbocycles. The highest BCUT2D eigenvalue weighted by atomic mass is 35.5. The predicted octanol–water partition coefficient (Wildman–Crippen LogP) is 4.15. The Kier molecular flexibility index (Phi) is 4.51. The zero-order valence-corrected chi connectivity index (χ0v) is 15.2. The van der Waals surface area contributed by atoms with Crippen LogP contribution >= 0.6 is 22.9 Å². The van der Waals surface area contributed by atoms with E-state index in [1.165, 1.54) is 11.3 Å². The third-order valence-corrected chi connectivity index (χ3v) is 5.63. The number of piperazine rings is 1. The van der Waals surface area contributed by atoms with Crippen molar-refractivity contribution in [3.63, 3.8) is 0 Å². The number of nitrogens with zero attached hydrogens (tertiary/aromatic N) is 3. The second-order valence-electron chi connectivity index (χ2n) is 5.98. The molecule has 1 fully saturated rings. The molecule has 3 aromatic rings. The third-order valence-electron chi connectivity index (χ3n) is 4.47. The fourth-order valence-corrected chi connectivity index (χ4v) is 4.11. The minimum Gasteiger partial charge on any atom is -0.367 e. The molecule has 0 unspecified atom stereocenters. The normalized spacial score (nSPS) is 14.8. The number of thiophene rings is 1. The summed E-state index contributed by atoms with van der Waals surface area (Å²) in [6.07, 6.45) is 4.00. The van der Waals surface area contributed by atoms with Gasteiger partial charge in [0.15, 0.2) is 0 Å². The Morgan fingerprint density at radius 2 is 1.76 bits per heavy atom. The molecule has 1 aliphatic heterocycles. The lowest BCUT2D eigenvalue weighted by Gasteiger charge is -2.36. The minimum absolute atomic E-state index is 0.128. The van der Waals surface area contributed by atoms with E-state index >= 15 is 0 Å². The number of rotatable bonds is 3. The van der Waals surface area contributed by atoms with Gasteiger partial charge in [-0.2, -0.15) is 0 Å². The zero-order valence-electron chi connectivity index (χ0n) is 13.6. The Labute approximate surface area is 155 Å². The van der Waals surface area contributed by atoms with E-state index in [2.05, 4.69) is 17.0 Å². The van der Waals surface area contributed by atoms with Crippen molar-refractivity contribution in [2.75, 3.05) is 31.1 Å². The van der Waals surface area contributed by atoms with Crippen molar-refractivity contribution in [1.82, 2.24) is 9.47 Å². The molecule has 4 nitrogen and oxygen atoms in total. The molecule has 6 heteroatoms. The van der Waals surface area contributed by atoms with Crippen LogP contribution in [0.25, 0.3) is 5.69 Å². The number of hydrogen-bond donors (Lipinski definition) is 0. The summed E-state index contributed by atoms with van der Waals surface area (Å²) < 4.78 is 2.04. The first-order chi connectivity index (χ1) is 12.2. The Morgan fingerprint density at radius 3 is 2.40 bits per heavy atom. The number of hydrogen-bond acceptors (Lipinski definition) is 3. The van der Waals surface area contributed by atoms with E-state index in [1.807, 2.05) is 57.6 Å². The number of benzene rings is 1. The van der Waals surface area contributed by atoms with E-state index in [0.29, 0.717) is 13.1 Å². The van der Waals surface area contributed by atoms with Crippen LogP contribution in [0.5, 0.6) is 0 Å². The Morgan fingerprint density at radius 1 is 1.00 bits per heavy atom. The van der Waals surface area contributed by atoms with Gasteiger partial charge in [-0.05, 0) is 41.8 Å². The molecule has 0 saturated carbocycles. The smallest absolute Gasteiger partial charge is 0.264 e. The highest BCUT2D eigenvalue weighted by molar-refractivity contribution is 7.12. The summed E-state index contributed by atoms with van der Waals surface area (Å²) in [5.41, 5.74) is 2.08. The largest absolute Gasteiger partial charge is 0.367 e. The van der Waals surface area contributed by atoms with Crippen molar-refractivity contribution in [3.05, 3.63) is 70.1 Å². The lowest BCUT2D eigenvalue weighted by molar-refractivity contribution is 0.0751. The van der Waals surface area contributed by atoms with Crippen molar-refractivity contribution in [2.24, 2.45) is 0 Å². The molecule has 3 heterocycles. The monoisotopic (exact) mass is 371 g/mol. The average molecular weight is 372 g/mol. The number of anilines is 1. The molecule has 0 atom stereocenters. The van der Waals surface area contributed by atoms with E-state index in [0.717, 1.165) is 34.4 Å². The summed E-state index contributed by atoms with van der Waals surface area (Å²) in [5.74, 6) is 0.128. The summed E-state index contributed by atoms with van der Waals surface area (Å²) in [5, 5.41) is 2.68. The van der Waals surface area contributed by atoms with Crippen LogP contribution in [-0.4, -0.2) is 41.6 Å². The number of halogens is 1. The molecule has 0 bridgehead atoms. The summed E-state index contributed by atoms with van der Waals surface area (Å²) in [6, 6.07) is 13.9. The molecule has 2 aromatic heterocycles. The van der Waals surface area contributed by atoms with Crippen LogP contribution in [0.2, 0.25) is 5.02 Å². The summed E-state index contributed by atoms with van der Waals surface area (Å²) in [6.45, 7) is 3.01. The maximum atomic E-state index is 12.4. The summed E-state index contributed by atoms with van der Waals surface area (Å²) >= 11 is 8.02. The van der Waals surface area contributed by atoms with E-state index in [1.54, 1.807) is 0 Å². The van der Waals surface area contributed by atoms with Gasteiger partial charge >= 0.3 is 0 Å². The van der Waals surface area contributed by atoms with Gasteiger partial charge in [-0.25, -0.2) is 0 Å². The molecular weight excluding hydrogens is 354 g/mol. The van der Waals surface area contributed by atoms with Gasteiger partial charge in [-0.15, -0.1) is 11.3 Å². The Balaban J connectivity index is 1.45. The number of amides is 1. The minimum atomic E-state index is 0.128. The van der Waals surface area contributed by atoms with Crippen LogP contribution in [0.3, 0.4) is 0 Å². The van der Waals surface area contributed by atoms with Crippen molar-refractivity contribution in [2.45, 2.75) is 0 Å². The number of aromatic nitrogens is 1. The molecule has 25 heavy (non-hydrogen) atoms. The Hall–Kier alpha value is -2.24. The van der Waals surface area contributed by atoms with Crippen LogP contribution in [0.1, 0.15) is 9.67 Å². The SMILES string of the molecule is O=C(c1cccs1)N1CCN(c2ccc(-n3cccc3)cc2Cl)CC1. The highest BCUT2D eigenvalue weighted by Crippen LogP contribution is 2.29. The van der Waals surface area contributed by atoms with Gasteiger partial charge < -0.3 is 14.4 Å². The van der Waals surface area contributed by atoms with Gasteiger partial charge in [0.2, 0.25) is 0 Å². The summed E-state index contributed by atoms with van der Waals surface area (Å²) in [4.78, 5) is 17.4. The second-order valence-corrected chi connectivity index (χ2v) is 7.34. The Bertz CT molecular complexity index is 853. The first kappa shape index (κ1) is 16.2. The molecule has 1 amide bonds. The van der Waals surface area contributed by atoms with Crippen LogP contribution in [0.4, 0.5) is 5.69 Å². The molecule has 1 saturated heterocycles. The standard InChI is InChI=1S/C19H18ClN3OS/c20-16-14-15(21-7-1-2-8-21)5-6-17(16)22-9-11-23(12-10-22)19(24)18-4-3-13-25-18/h1-8,13-14H,9-12H2. The van der Waals surface area contributed by atoms with E-state index in [-0.39, 0.29) is 5.91 Å². The molecule has 0 radical (unpaired) electrons. The van der Waals surface area contributed by atoms with Gasteiger partial charge in [0.25, 0.3) is 5.91 Å². The lowest BCUT2D eigenvalue weighted by Crippen LogP contribution is -2.48. The van der Waals surface area contributed by atoms with E-state index in [9.17, 15) is 4.79 Å². The molecule has 128 valence electrons. The number of carbonyl (C=O) groups is 1. The van der Waals surface area contributed by atoms with E-state index < -0.39 is 0 Å². The summed E-state index contributed by atoms with van der Waals surface area (Å²) in [7, 11) is 0. The van der Waals surface area contributed by atoms with Crippen molar-refractivity contribution < 1.29 is 4.79 Å². The van der Waals surface area contributed by atoms with Gasteiger partial charge in [0.1, 0.15) is 0 Å². The predicted molar refractivity (Wildman–Crippen MR) is 103 cm³/mol. The van der Waals surface area contributed by atoms with Crippen LogP contribution < -0.4 is 4.90 Å². The van der Waals surface area contributed by atoms with Gasteiger partial charge in [0, 0.05) is 44.3 Å². The lowest BCUT2D eigenvalue weighted by atomic mass is 10.2. The number of carbonyl (C=O) groups excluding carboxylic acids is 1. The topological polar surface area (TPSA) is 28.5 Å². The van der Waals surface area contributed by atoms with Gasteiger partial charge in [-0.1, -0.05) is 17.7 Å². The molecule has 4 rings (SSSR count). The first-order valence-corrected chi connectivity index (χ1v) is 9.49. The van der Waals surface area contributed by atoms with Crippen LogP contribution in [-0.2, 0) is 0 Å². The van der Waals surface area contributed by atoms with Crippen molar-refractivity contribution >= 4 is 34.5 Å². The van der Waals surface area contributed by atoms with E-state index in [4.69, 9.17) is 11.6 Å². The fourth-order valence-electron chi connectivity index (χ4n) is 3.13. The van der Waals surface area contributed by atoms with Crippen molar-refractivity contribution in [3.8, 4) is 5.69 Å². The van der Waals surface area contributed by atoms with Crippen LogP contribution in [0, 0.1) is 0 Å². The highest BCUT2D eigenvalue weighted by Gasteiger charge is 2.23.